The number of hydrogen-bond acceptors (Lipinski definition) is 1. The van der Waals surface area contributed by atoms with Crippen LogP contribution in [0.2, 0.25) is 0 Å². The Morgan fingerprint density at radius 2 is 1.78 bits per heavy atom. The van der Waals surface area contributed by atoms with Crippen molar-refractivity contribution in [2.45, 2.75) is 18.8 Å². The molecule has 90 valence electrons. The summed E-state index contributed by atoms with van der Waals surface area (Å²) in [4.78, 5) is 12.4. The van der Waals surface area contributed by atoms with Gasteiger partial charge >= 0.3 is 0 Å². The zero-order valence-corrected chi connectivity index (χ0v) is 9.90. The molecule has 0 amide bonds. The summed E-state index contributed by atoms with van der Waals surface area (Å²) in [6.07, 6.45) is 1.69. The van der Waals surface area contributed by atoms with Crippen molar-refractivity contribution < 1.29 is 9.18 Å². The highest BCUT2D eigenvalue weighted by atomic mass is 19.1. The Kier molecular flexibility index (Phi) is 2.71. The summed E-state index contributed by atoms with van der Waals surface area (Å²) < 4.78 is 13.6. The average Bonchev–Trinajstić information content (AvgIpc) is 2.82. The van der Waals surface area contributed by atoms with Crippen LogP contribution in [0.1, 0.15) is 33.8 Å². The number of Topliss-reactive ketones (excluding diaryl/α,β-unsaturated/α-hetero) is 1. The number of carbonyl (C=O) groups is 1. The molecule has 18 heavy (non-hydrogen) atoms. The summed E-state index contributed by atoms with van der Waals surface area (Å²) >= 11 is 0. The number of benzene rings is 2. The Hall–Kier alpha value is -1.96. The number of carbonyl (C=O) groups excluding carboxylic acids is 1. The summed E-state index contributed by atoms with van der Waals surface area (Å²) in [5.74, 6) is -0.706. The van der Waals surface area contributed by atoms with Crippen LogP contribution in [-0.2, 0) is 6.42 Å². The van der Waals surface area contributed by atoms with Crippen LogP contribution < -0.4 is 0 Å². The van der Waals surface area contributed by atoms with Crippen molar-refractivity contribution in [2.24, 2.45) is 0 Å². The SMILES string of the molecule is O=C(c1ccccc1F)C1CCc2ccccc21. The molecule has 0 aromatic heterocycles. The molecular formula is C16H13FO. The van der Waals surface area contributed by atoms with E-state index in [1.54, 1.807) is 18.2 Å². The standard InChI is InChI=1S/C16H13FO/c17-15-8-4-3-7-14(15)16(18)13-10-9-11-5-1-2-6-12(11)13/h1-8,13H,9-10H2. The zero-order chi connectivity index (χ0) is 12.5. The Balaban J connectivity index is 1.99. The minimum Gasteiger partial charge on any atom is -0.293 e. The minimum absolute atomic E-state index is 0.0990. The van der Waals surface area contributed by atoms with Crippen LogP contribution in [0, 0.1) is 5.82 Å². The van der Waals surface area contributed by atoms with Gasteiger partial charge < -0.3 is 0 Å². The van der Waals surface area contributed by atoms with Crippen molar-refractivity contribution in [1.82, 2.24) is 0 Å². The largest absolute Gasteiger partial charge is 0.293 e. The number of halogens is 1. The van der Waals surface area contributed by atoms with Crippen LogP contribution >= 0.6 is 0 Å². The quantitative estimate of drug-likeness (QED) is 0.731. The normalized spacial score (nSPS) is 17.5. The fourth-order valence-corrected chi connectivity index (χ4v) is 2.68. The molecule has 0 bridgehead atoms. The molecule has 0 saturated heterocycles. The molecule has 1 aliphatic carbocycles. The molecule has 0 radical (unpaired) electrons. The molecule has 0 N–H and O–H groups in total. The summed E-state index contributed by atoms with van der Waals surface area (Å²) in [5.41, 5.74) is 2.48. The van der Waals surface area contributed by atoms with Crippen LogP contribution in [0.3, 0.4) is 0 Å². The van der Waals surface area contributed by atoms with Crippen LogP contribution in [0.15, 0.2) is 48.5 Å². The summed E-state index contributed by atoms with van der Waals surface area (Å²) in [7, 11) is 0. The minimum atomic E-state index is -0.424. The van der Waals surface area contributed by atoms with Crippen LogP contribution in [0.4, 0.5) is 4.39 Å². The summed E-state index contributed by atoms with van der Waals surface area (Å²) in [6, 6.07) is 14.2. The van der Waals surface area contributed by atoms with E-state index in [4.69, 9.17) is 0 Å². The van der Waals surface area contributed by atoms with Crippen LogP contribution in [0.5, 0.6) is 0 Å². The van der Waals surface area contributed by atoms with Crippen LogP contribution in [0.25, 0.3) is 0 Å². The van der Waals surface area contributed by atoms with Crippen LogP contribution in [-0.4, -0.2) is 5.78 Å². The van der Waals surface area contributed by atoms with Crippen molar-refractivity contribution in [3.63, 3.8) is 0 Å². The van der Waals surface area contributed by atoms with Gasteiger partial charge in [-0.05, 0) is 36.1 Å². The number of ketones is 1. The Morgan fingerprint density at radius 1 is 1.06 bits per heavy atom. The van der Waals surface area contributed by atoms with Gasteiger partial charge in [0, 0.05) is 5.92 Å². The molecule has 0 saturated carbocycles. The Morgan fingerprint density at radius 3 is 2.61 bits per heavy atom. The third kappa shape index (κ3) is 1.74. The van der Waals surface area contributed by atoms with Gasteiger partial charge in [-0.25, -0.2) is 4.39 Å². The summed E-state index contributed by atoms with van der Waals surface area (Å²) in [6.45, 7) is 0. The molecule has 0 heterocycles. The van der Waals surface area contributed by atoms with E-state index in [0.717, 1.165) is 18.4 Å². The molecule has 1 unspecified atom stereocenters. The smallest absolute Gasteiger partial charge is 0.173 e. The zero-order valence-electron chi connectivity index (χ0n) is 9.90. The van der Waals surface area contributed by atoms with E-state index in [1.165, 1.54) is 11.6 Å². The number of fused-ring (bicyclic) bond motifs is 1. The van der Waals surface area contributed by atoms with Crippen molar-refractivity contribution >= 4 is 5.78 Å². The molecule has 2 aromatic rings. The van der Waals surface area contributed by atoms with Gasteiger partial charge in [0.2, 0.25) is 0 Å². The molecule has 2 heteroatoms. The number of rotatable bonds is 2. The lowest BCUT2D eigenvalue weighted by Gasteiger charge is -2.11. The highest BCUT2D eigenvalue weighted by Gasteiger charge is 2.29. The van der Waals surface area contributed by atoms with E-state index in [1.807, 2.05) is 24.3 Å². The van der Waals surface area contributed by atoms with Gasteiger partial charge in [-0.3, -0.25) is 4.79 Å². The Labute approximate surface area is 105 Å². The fraction of sp³-hybridized carbons (Fsp3) is 0.188. The van der Waals surface area contributed by atoms with E-state index in [2.05, 4.69) is 0 Å². The van der Waals surface area contributed by atoms with Gasteiger partial charge in [-0.2, -0.15) is 0 Å². The molecule has 1 atom stereocenters. The predicted octanol–water partition coefficient (Wildman–Crippen LogP) is 3.74. The van der Waals surface area contributed by atoms with Crippen molar-refractivity contribution in [3.8, 4) is 0 Å². The lowest BCUT2D eigenvalue weighted by molar-refractivity contribution is 0.0955. The fourth-order valence-electron chi connectivity index (χ4n) is 2.68. The third-order valence-corrected chi connectivity index (χ3v) is 3.59. The molecule has 1 aliphatic rings. The molecule has 3 rings (SSSR count). The molecule has 0 spiro atoms. The maximum atomic E-state index is 13.6. The first-order valence-corrected chi connectivity index (χ1v) is 6.14. The highest BCUT2D eigenvalue weighted by Crippen LogP contribution is 2.35. The molecular weight excluding hydrogens is 227 g/mol. The van der Waals surface area contributed by atoms with Gasteiger partial charge in [-0.1, -0.05) is 36.4 Å². The van der Waals surface area contributed by atoms with Gasteiger partial charge in [0.25, 0.3) is 0 Å². The van der Waals surface area contributed by atoms with E-state index in [0.29, 0.717) is 0 Å². The summed E-state index contributed by atoms with van der Waals surface area (Å²) in [5, 5.41) is 0. The maximum absolute atomic E-state index is 13.6. The topological polar surface area (TPSA) is 17.1 Å². The molecule has 0 fully saturated rings. The molecule has 2 aromatic carbocycles. The Bertz CT molecular complexity index is 604. The second-order valence-electron chi connectivity index (χ2n) is 4.63. The van der Waals surface area contributed by atoms with Gasteiger partial charge in [0.15, 0.2) is 5.78 Å². The van der Waals surface area contributed by atoms with E-state index in [9.17, 15) is 9.18 Å². The maximum Gasteiger partial charge on any atom is 0.173 e. The van der Waals surface area contributed by atoms with Gasteiger partial charge in [0.1, 0.15) is 5.82 Å². The van der Waals surface area contributed by atoms with Gasteiger partial charge in [-0.15, -0.1) is 0 Å². The molecule has 0 aliphatic heterocycles. The lowest BCUT2D eigenvalue weighted by Crippen LogP contribution is -2.11. The second-order valence-corrected chi connectivity index (χ2v) is 4.63. The molecule has 1 nitrogen and oxygen atoms in total. The first-order chi connectivity index (χ1) is 8.77. The van der Waals surface area contributed by atoms with Crippen molar-refractivity contribution in [3.05, 3.63) is 71.0 Å². The van der Waals surface area contributed by atoms with Crippen molar-refractivity contribution in [1.29, 1.82) is 0 Å². The predicted molar refractivity (Wildman–Crippen MR) is 68.2 cm³/mol. The first kappa shape index (κ1) is 11.1. The number of hydrogen-bond donors (Lipinski definition) is 0. The lowest BCUT2D eigenvalue weighted by atomic mass is 9.92. The van der Waals surface area contributed by atoms with E-state index >= 15 is 0 Å². The number of aryl methyl sites for hydroxylation is 1. The first-order valence-electron chi connectivity index (χ1n) is 6.14. The monoisotopic (exact) mass is 240 g/mol. The third-order valence-electron chi connectivity index (χ3n) is 3.59. The van der Waals surface area contributed by atoms with E-state index < -0.39 is 5.82 Å². The highest BCUT2D eigenvalue weighted by molar-refractivity contribution is 6.01. The van der Waals surface area contributed by atoms with Gasteiger partial charge in [0.05, 0.1) is 5.56 Å². The second kappa shape index (κ2) is 4.37. The van der Waals surface area contributed by atoms with E-state index in [-0.39, 0.29) is 17.3 Å². The average molecular weight is 240 g/mol. The van der Waals surface area contributed by atoms with Crippen molar-refractivity contribution in [2.75, 3.05) is 0 Å².